The Morgan fingerprint density at radius 2 is 1.80 bits per heavy atom. The summed E-state index contributed by atoms with van der Waals surface area (Å²) in [4.78, 5) is 27.4. The predicted octanol–water partition coefficient (Wildman–Crippen LogP) is 2.10. The van der Waals surface area contributed by atoms with Crippen LogP contribution in [0.4, 0.5) is 0 Å². The van der Waals surface area contributed by atoms with Crippen LogP contribution in [0.5, 0.6) is 0 Å². The molecule has 0 saturated heterocycles. The summed E-state index contributed by atoms with van der Waals surface area (Å²) < 4.78 is 0. The van der Waals surface area contributed by atoms with Gasteiger partial charge in [0.2, 0.25) is 0 Å². The van der Waals surface area contributed by atoms with Crippen LogP contribution >= 0.6 is 0 Å². The molecule has 1 N–H and O–H groups in total. The van der Waals surface area contributed by atoms with E-state index in [0.717, 1.165) is 11.0 Å². The van der Waals surface area contributed by atoms with E-state index in [-0.39, 0.29) is 13.1 Å². The third-order valence-electron chi connectivity index (χ3n) is 2.21. The number of imidazole rings is 1. The number of rotatable bonds is 4. The first kappa shape index (κ1) is 9.45. The number of hydrogen-bond acceptors (Lipinski definition) is 5. The third-order valence-corrected chi connectivity index (χ3v) is 2.21. The molecule has 0 fully saturated rings. The van der Waals surface area contributed by atoms with Crippen LogP contribution in [0, 0.1) is 9.81 Å². The highest BCUT2D eigenvalue weighted by atomic mass is 16.3. The minimum absolute atomic E-state index is 0.0354. The van der Waals surface area contributed by atoms with Gasteiger partial charge in [-0.15, -0.1) is 0 Å². The Labute approximate surface area is 84.7 Å². The van der Waals surface area contributed by atoms with Crippen LogP contribution in [0.15, 0.2) is 28.8 Å². The second kappa shape index (κ2) is 3.95. The van der Waals surface area contributed by atoms with E-state index in [2.05, 4.69) is 20.3 Å². The molecule has 6 heteroatoms. The maximum atomic E-state index is 10.2. The molecule has 0 saturated carbocycles. The molecule has 0 unspecified atom stereocenters. The lowest BCUT2D eigenvalue weighted by Crippen LogP contribution is -1.91. The Hall–Kier alpha value is -2.11. The van der Waals surface area contributed by atoms with E-state index in [1.165, 1.54) is 0 Å². The predicted molar refractivity (Wildman–Crippen MR) is 55.1 cm³/mol. The lowest BCUT2D eigenvalue weighted by molar-refractivity contribution is 0.972. The second-order valence-corrected chi connectivity index (χ2v) is 3.12. The van der Waals surface area contributed by atoms with Gasteiger partial charge in [-0.3, -0.25) is 0 Å². The van der Waals surface area contributed by atoms with E-state index < -0.39 is 0 Å². The van der Waals surface area contributed by atoms with Crippen LogP contribution < -0.4 is 0 Å². The summed E-state index contributed by atoms with van der Waals surface area (Å²) in [7, 11) is 0. The molecule has 1 aromatic heterocycles. The summed E-state index contributed by atoms with van der Waals surface area (Å²) in [6.07, 6.45) is 1.56. The molecule has 15 heavy (non-hydrogen) atoms. The lowest BCUT2D eigenvalue weighted by atomic mass is 10.1. The topological polar surface area (TPSA) is 87.5 Å². The minimum Gasteiger partial charge on any atom is -0.345 e. The van der Waals surface area contributed by atoms with Gasteiger partial charge in [0.1, 0.15) is 13.1 Å². The number of H-pyrrole nitrogens is 1. The van der Waals surface area contributed by atoms with Crippen molar-refractivity contribution >= 4 is 11.0 Å². The van der Waals surface area contributed by atoms with Gasteiger partial charge in [0.25, 0.3) is 0 Å². The molecule has 0 aliphatic heterocycles. The standard InChI is InChI=1S/C9H8N4O2/c14-12-3-6-1-8-9(11-5-10-8)2-7(6)4-13-15/h1-2,5H,3-4H2,(H,10,11). The van der Waals surface area contributed by atoms with Gasteiger partial charge in [0.05, 0.1) is 17.4 Å². The summed E-state index contributed by atoms with van der Waals surface area (Å²) in [5, 5.41) is 5.62. The Morgan fingerprint density at radius 3 is 2.47 bits per heavy atom. The van der Waals surface area contributed by atoms with Gasteiger partial charge in [0, 0.05) is 0 Å². The van der Waals surface area contributed by atoms with Gasteiger partial charge in [-0.2, -0.15) is 9.81 Å². The van der Waals surface area contributed by atoms with Crippen LogP contribution in [-0.2, 0) is 13.1 Å². The third kappa shape index (κ3) is 1.74. The van der Waals surface area contributed by atoms with Gasteiger partial charge in [-0.25, -0.2) is 4.98 Å². The van der Waals surface area contributed by atoms with Crippen molar-refractivity contribution in [3.8, 4) is 0 Å². The van der Waals surface area contributed by atoms with Gasteiger partial charge in [-0.1, -0.05) is 10.4 Å². The summed E-state index contributed by atoms with van der Waals surface area (Å²) in [5.41, 5.74) is 2.98. The normalized spacial score (nSPS) is 10.4. The molecule has 0 aliphatic carbocycles. The zero-order valence-corrected chi connectivity index (χ0v) is 7.80. The maximum absolute atomic E-state index is 10.2. The van der Waals surface area contributed by atoms with Crippen molar-refractivity contribution in [3.05, 3.63) is 39.4 Å². The lowest BCUT2D eigenvalue weighted by Gasteiger charge is -2.02. The first-order valence-corrected chi connectivity index (χ1v) is 4.38. The number of fused-ring (bicyclic) bond motifs is 1. The average molecular weight is 204 g/mol. The SMILES string of the molecule is O=NCc1cc2nc[nH]c2cc1CN=O. The number of nitroso groups, excluding NO2 is 2. The Balaban J connectivity index is 2.56. The van der Waals surface area contributed by atoms with Crippen LogP contribution in [0.2, 0.25) is 0 Å². The highest BCUT2D eigenvalue weighted by molar-refractivity contribution is 5.76. The van der Waals surface area contributed by atoms with E-state index in [4.69, 9.17) is 0 Å². The van der Waals surface area contributed by atoms with Gasteiger partial charge < -0.3 is 4.98 Å². The Morgan fingerprint density at radius 1 is 1.13 bits per heavy atom. The minimum atomic E-state index is 0.0354. The fraction of sp³-hybridized carbons (Fsp3) is 0.222. The highest BCUT2D eigenvalue weighted by Gasteiger charge is 2.06. The molecular formula is C9H8N4O2. The van der Waals surface area contributed by atoms with Crippen LogP contribution in [0.1, 0.15) is 11.1 Å². The smallest absolute Gasteiger partial charge is 0.107 e. The van der Waals surface area contributed by atoms with Crippen molar-refractivity contribution in [2.24, 2.45) is 10.4 Å². The molecule has 0 amide bonds. The van der Waals surface area contributed by atoms with Crippen molar-refractivity contribution in [3.63, 3.8) is 0 Å². The number of nitrogens with zero attached hydrogens (tertiary/aromatic N) is 3. The highest BCUT2D eigenvalue weighted by Crippen LogP contribution is 2.19. The fourth-order valence-corrected chi connectivity index (χ4v) is 1.50. The van der Waals surface area contributed by atoms with Crippen LogP contribution in [0.25, 0.3) is 11.0 Å². The molecule has 0 radical (unpaired) electrons. The first-order valence-electron chi connectivity index (χ1n) is 4.38. The maximum Gasteiger partial charge on any atom is 0.107 e. The van der Waals surface area contributed by atoms with E-state index in [1.807, 2.05) is 0 Å². The van der Waals surface area contributed by atoms with E-state index in [9.17, 15) is 9.81 Å². The number of aromatic nitrogens is 2. The van der Waals surface area contributed by atoms with Crippen molar-refractivity contribution in [2.75, 3.05) is 0 Å². The van der Waals surface area contributed by atoms with E-state index in [1.54, 1.807) is 18.5 Å². The second-order valence-electron chi connectivity index (χ2n) is 3.12. The molecule has 2 aromatic rings. The monoisotopic (exact) mass is 204 g/mol. The first-order chi connectivity index (χ1) is 7.35. The molecule has 76 valence electrons. The fourth-order valence-electron chi connectivity index (χ4n) is 1.50. The van der Waals surface area contributed by atoms with Crippen molar-refractivity contribution < 1.29 is 0 Å². The molecule has 0 bridgehead atoms. The van der Waals surface area contributed by atoms with Crippen molar-refractivity contribution in [1.82, 2.24) is 9.97 Å². The molecule has 1 aromatic carbocycles. The van der Waals surface area contributed by atoms with E-state index >= 15 is 0 Å². The Kier molecular flexibility index (Phi) is 2.49. The van der Waals surface area contributed by atoms with Gasteiger partial charge in [0.15, 0.2) is 0 Å². The summed E-state index contributed by atoms with van der Waals surface area (Å²) in [5.74, 6) is 0. The zero-order chi connectivity index (χ0) is 10.7. The van der Waals surface area contributed by atoms with Crippen LogP contribution in [0.3, 0.4) is 0 Å². The van der Waals surface area contributed by atoms with Crippen LogP contribution in [-0.4, -0.2) is 9.97 Å². The molecule has 6 nitrogen and oxygen atoms in total. The van der Waals surface area contributed by atoms with Gasteiger partial charge >= 0.3 is 0 Å². The Bertz CT molecular complexity index is 462. The molecule has 0 atom stereocenters. The van der Waals surface area contributed by atoms with Gasteiger partial charge in [-0.05, 0) is 23.3 Å². The quantitative estimate of drug-likeness (QED) is 0.773. The largest absolute Gasteiger partial charge is 0.345 e. The molecule has 1 heterocycles. The number of aromatic amines is 1. The summed E-state index contributed by atoms with van der Waals surface area (Å²) in [6, 6.07) is 3.51. The molecular weight excluding hydrogens is 196 g/mol. The molecule has 0 aliphatic rings. The summed E-state index contributed by atoms with van der Waals surface area (Å²) in [6.45, 7) is 0.0769. The number of benzene rings is 1. The van der Waals surface area contributed by atoms with Crippen molar-refractivity contribution in [2.45, 2.75) is 13.1 Å². The number of nitrogens with one attached hydrogen (secondary N) is 1. The van der Waals surface area contributed by atoms with E-state index in [0.29, 0.717) is 11.1 Å². The zero-order valence-electron chi connectivity index (χ0n) is 7.80. The average Bonchev–Trinajstić information content (AvgIpc) is 2.66. The summed E-state index contributed by atoms with van der Waals surface area (Å²) >= 11 is 0. The number of hydrogen-bond donors (Lipinski definition) is 1. The molecule has 2 rings (SSSR count). The van der Waals surface area contributed by atoms with Crippen molar-refractivity contribution in [1.29, 1.82) is 0 Å². The molecule has 0 spiro atoms.